The molecule has 0 bridgehead atoms. The second-order valence-electron chi connectivity index (χ2n) is 5.67. The molecule has 0 atom stereocenters. The van der Waals surface area contributed by atoms with Gasteiger partial charge in [0.05, 0.1) is 0 Å². The Morgan fingerprint density at radius 3 is 1.67 bits per heavy atom. The largest absolute Gasteiger partial charge is 2.00 e. The van der Waals surface area contributed by atoms with Crippen molar-refractivity contribution < 1.29 is 49.9 Å². The van der Waals surface area contributed by atoms with Gasteiger partial charge in [0.1, 0.15) is 0 Å². The Hall–Kier alpha value is 0.149. The van der Waals surface area contributed by atoms with Gasteiger partial charge in [-0.3, -0.25) is 8.42 Å². The molecule has 1 radical (unpaired) electrons. The Labute approximate surface area is 174 Å². The zero-order chi connectivity index (χ0) is 20.3. The normalized spacial score (nSPS) is 11.3. The summed E-state index contributed by atoms with van der Waals surface area (Å²) >= 11 is 0. The van der Waals surface area contributed by atoms with Gasteiger partial charge in [0.2, 0.25) is 0 Å². The van der Waals surface area contributed by atoms with Crippen molar-refractivity contribution in [2.45, 2.75) is 26.2 Å². The van der Waals surface area contributed by atoms with E-state index in [1.54, 1.807) is 0 Å². The second kappa shape index (κ2) is 22.4. The molecule has 0 amide bonds. The molecule has 0 aromatic rings. The van der Waals surface area contributed by atoms with E-state index in [-0.39, 0.29) is 36.9 Å². The van der Waals surface area contributed by atoms with E-state index in [0.29, 0.717) is 0 Å². The first-order valence-corrected chi connectivity index (χ1v) is 10.3. The van der Waals surface area contributed by atoms with Crippen molar-refractivity contribution >= 4 is 10.4 Å². The van der Waals surface area contributed by atoms with Crippen LogP contribution in [0, 0.1) is 0 Å². The van der Waals surface area contributed by atoms with Gasteiger partial charge in [0, 0.05) is 69.5 Å². The Kier molecular flexibility index (Phi) is 26.5. The molecule has 12 heteroatoms. The Bertz CT molecular complexity index is 384. The van der Waals surface area contributed by atoms with Crippen molar-refractivity contribution in [2.24, 2.45) is 0 Å². The van der Waals surface area contributed by atoms with Crippen molar-refractivity contribution in [1.82, 2.24) is 15.1 Å². The minimum atomic E-state index is -5.17. The molecule has 0 aromatic carbocycles. The van der Waals surface area contributed by atoms with Crippen LogP contribution in [0.15, 0.2) is 0 Å². The average Bonchev–Trinajstić information content (AvgIpc) is 2.57. The summed E-state index contributed by atoms with van der Waals surface area (Å²) in [5, 5.41) is 29.9. The molecule has 0 aliphatic heterocycles. The zero-order valence-corrected chi connectivity index (χ0v) is 18.1. The Balaban J connectivity index is -0.000000844. The fourth-order valence-corrected chi connectivity index (χ4v) is 2.20. The number of nitrogens with zero attached hydrogens (tertiary/aromatic N) is 2. The van der Waals surface area contributed by atoms with Gasteiger partial charge in [-0.1, -0.05) is 6.92 Å². The number of likely N-dealkylation sites (N-methyl/N-ethyl adjacent to an activating group) is 1. The van der Waals surface area contributed by atoms with Gasteiger partial charge in [0.25, 0.3) is 0 Å². The first-order valence-electron chi connectivity index (χ1n) is 8.93. The van der Waals surface area contributed by atoms with E-state index in [9.17, 15) is 0 Å². The van der Waals surface area contributed by atoms with Crippen molar-refractivity contribution in [3.05, 3.63) is 0 Å². The molecule has 0 spiro atoms. The minimum absolute atomic E-state index is 0. The second-order valence-corrected chi connectivity index (χ2v) is 6.48. The number of aliphatic hydroxyl groups is 3. The fraction of sp³-hybridized carbons (Fsp3) is 1.00. The average molecular weight is 456 g/mol. The zero-order valence-electron chi connectivity index (χ0n) is 16.1. The quantitative estimate of drug-likeness (QED) is 0.0886. The van der Waals surface area contributed by atoms with Crippen LogP contribution >= 0.6 is 0 Å². The first-order chi connectivity index (χ1) is 12.3. The number of aliphatic hydroxyl groups excluding tert-OH is 3. The molecule has 0 aromatic heterocycles. The third-order valence-electron chi connectivity index (χ3n) is 3.56. The van der Waals surface area contributed by atoms with Crippen LogP contribution in [0.4, 0.5) is 0 Å². The number of nitrogens with one attached hydrogen (secondary N) is 1. The maximum absolute atomic E-state index is 8.99. The summed E-state index contributed by atoms with van der Waals surface area (Å²) in [5.41, 5.74) is 0. The van der Waals surface area contributed by atoms with Crippen LogP contribution in [0.3, 0.4) is 0 Å². The Morgan fingerprint density at radius 2 is 1.22 bits per heavy atom. The SMILES string of the molecule is CCN(CCCO)CCN(CCCO)CCNCCCO.O=S(=O)([O-])[O-].[Mn+2]. The fourth-order valence-electron chi connectivity index (χ4n) is 2.20. The minimum Gasteiger partial charge on any atom is -0.759 e. The summed E-state index contributed by atoms with van der Waals surface area (Å²) in [4.78, 5) is 4.71. The van der Waals surface area contributed by atoms with Crippen LogP contribution in [0.5, 0.6) is 0 Å². The molecule has 0 aliphatic rings. The van der Waals surface area contributed by atoms with Gasteiger partial charge in [0.15, 0.2) is 0 Å². The van der Waals surface area contributed by atoms with E-state index >= 15 is 0 Å². The van der Waals surface area contributed by atoms with Crippen molar-refractivity contribution in [3.63, 3.8) is 0 Å². The molecule has 0 saturated heterocycles. The summed E-state index contributed by atoms with van der Waals surface area (Å²) in [5.74, 6) is 0. The topological polar surface area (TPSA) is 159 Å². The summed E-state index contributed by atoms with van der Waals surface area (Å²) in [6.45, 7) is 10.4. The van der Waals surface area contributed by atoms with Crippen LogP contribution in [-0.2, 0) is 27.5 Å². The van der Waals surface area contributed by atoms with Crippen LogP contribution in [0.2, 0.25) is 0 Å². The standard InChI is InChI=1S/C15H35N3O3.Mn.H2O4S/c1-2-17(8-4-14-20)11-12-18(9-5-15-21)10-7-16-6-3-13-19;;1-5(2,3)4/h16,19-21H,2-15H2,1H3;;(H2,1,2,3,4)/q;+2;/p-2. The van der Waals surface area contributed by atoms with E-state index in [4.69, 9.17) is 32.8 Å². The predicted molar refractivity (Wildman–Crippen MR) is 97.0 cm³/mol. The van der Waals surface area contributed by atoms with Gasteiger partial charge in [-0.2, -0.15) is 0 Å². The maximum atomic E-state index is 8.99. The number of hydrogen-bond acceptors (Lipinski definition) is 10. The third kappa shape index (κ3) is 31.1. The molecule has 0 heterocycles. The smallest absolute Gasteiger partial charge is 0.759 e. The van der Waals surface area contributed by atoms with Crippen LogP contribution in [0.1, 0.15) is 26.2 Å². The summed E-state index contributed by atoms with van der Waals surface area (Å²) in [6, 6.07) is 0. The van der Waals surface area contributed by atoms with Crippen LogP contribution < -0.4 is 5.32 Å². The molecule has 0 rings (SSSR count). The van der Waals surface area contributed by atoms with Crippen molar-refractivity contribution in [2.75, 3.05) is 72.2 Å². The summed E-state index contributed by atoms with van der Waals surface area (Å²) < 4.78 is 34.1. The van der Waals surface area contributed by atoms with E-state index in [1.807, 2.05) is 0 Å². The van der Waals surface area contributed by atoms with Gasteiger partial charge >= 0.3 is 17.1 Å². The van der Waals surface area contributed by atoms with Gasteiger partial charge in [-0.25, -0.2) is 0 Å². The number of hydrogen-bond donors (Lipinski definition) is 4. The van der Waals surface area contributed by atoms with Crippen LogP contribution in [0.25, 0.3) is 0 Å². The van der Waals surface area contributed by atoms with E-state index in [0.717, 1.165) is 71.6 Å². The number of rotatable bonds is 16. The molecule has 10 nitrogen and oxygen atoms in total. The van der Waals surface area contributed by atoms with Gasteiger partial charge in [-0.15, -0.1) is 0 Å². The van der Waals surface area contributed by atoms with Crippen LogP contribution in [-0.4, -0.2) is 115 Å². The van der Waals surface area contributed by atoms with Crippen molar-refractivity contribution in [3.8, 4) is 0 Å². The molecule has 27 heavy (non-hydrogen) atoms. The van der Waals surface area contributed by atoms with E-state index < -0.39 is 10.4 Å². The molecular weight excluding hydrogens is 421 g/mol. The molecule has 4 N–H and O–H groups in total. The van der Waals surface area contributed by atoms with E-state index in [1.165, 1.54) is 0 Å². The Morgan fingerprint density at radius 1 is 0.778 bits per heavy atom. The molecule has 0 aliphatic carbocycles. The molecule has 165 valence electrons. The summed E-state index contributed by atoms with van der Waals surface area (Å²) in [6.07, 6.45) is 2.42. The first kappa shape index (κ1) is 31.8. The van der Waals surface area contributed by atoms with E-state index in [2.05, 4.69) is 22.0 Å². The molecular formula is C15H35MnN3O7S. The summed E-state index contributed by atoms with van der Waals surface area (Å²) in [7, 11) is -5.17. The van der Waals surface area contributed by atoms with Gasteiger partial charge < -0.3 is 39.5 Å². The van der Waals surface area contributed by atoms with Gasteiger partial charge in [-0.05, 0) is 32.4 Å². The monoisotopic (exact) mass is 456 g/mol. The predicted octanol–water partition coefficient (Wildman–Crippen LogP) is -1.99. The molecule has 0 unspecified atom stereocenters. The maximum Gasteiger partial charge on any atom is 2.00 e. The molecule has 0 fully saturated rings. The molecule has 0 saturated carbocycles. The third-order valence-corrected chi connectivity index (χ3v) is 3.56. The van der Waals surface area contributed by atoms with Crippen molar-refractivity contribution in [1.29, 1.82) is 0 Å².